The molecular weight excluding hydrogens is 262 g/mol. The predicted octanol–water partition coefficient (Wildman–Crippen LogP) is 2.69. The van der Waals surface area contributed by atoms with Crippen molar-refractivity contribution in [1.82, 2.24) is 10.2 Å². The highest BCUT2D eigenvalue weighted by Crippen LogP contribution is 2.27. The molecule has 1 saturated heterocycles. The van der Waals surface area contributed by atoms with Crippen LogP contribution in [0.1, 0.15) is 59.8 Å². The van der Waals surface area contributed by atoms with Gasteiger partial charge in [0.25, 0.3) is 0 Å². The molecule has 2 rings (SSSR count). The summed E-state index contributed by atoms with van der Waals surface area (Å²) in [6.45, 7) is 11.6. The third-order valence-electron chi connectivity index (χ3n) is 4.59. The first-order valence-electron chi connectivity index (χ1n) is 8.47. The summed E-state index contributed by atoms with van der Waals surface area (Å²) in [7, 11) is 0. The van der Waals surface area contributed by atoms with Crippen molar-refractivity contribution < 1.29 is 4.74 Å². The van der Waals surface area contributed by atoms with Gasteiger partial charge in [0.2, 0.25) is 0 Å². The zero-order valence-electron chi connectivity index (χ0n) is 14.1. The smallest absolute Gasteiger partial charge is 0.106 e. The molecule has 0 amide bonds. The van der Waals surface area contributed by atoms with Crippen molar-refractivity contribution in [3.8, 4) is 6.07 Å². The minimum atomic E-state index is -0.311. The van der Waals surface area contributed by atoms with Crippen molar-refractivity contribution >= 4 is 0 Å². The molecule has 4 heteroatoms. The summed E-state index contributed by atoms with van der Waals surface area (Å²) in [5.74, 6) is 0. The van der Waals surface area contributed by atoms with Crippen LogP contribution in [-0.4, -0.2) is 47.8 Å². The van der Waals surface area contributed by atoms with E-state index < -0.39 is 0 Å². The third-order valence-corrected chi connectivity index (χ3v) is 4.59. The van der Waals surface area contributed by atoms with Gasteiger partial charge in [0.1, 0.15) is 5.54 Å². The van der Waals surface area contributed by atoms with Crippen molar-refractivity contribution in [1.29, 1.82) is 5.26 Å². The monoisotopic (exact) mass is 293 g/mol. The second kappa shape index (κ2) is 6.64. The van der Waals surface area contributed by atoms with E-state index >= 15 is 0 Å². The van der Waals surface area contributed by atoms with Crippen LogP contribution in [0.4, 0.5) is 0 Å². The van der Waals surface area contributed by atoms with E-state index in [1.165, 1.54) is 12.8 Å². The van der Waals surface area contributed by atoms with E-state index in [-0.39, 0.29) is 11.1 Å². The molecular formula is C17H31N3O. The maximum Gasteiger partial charge on any atom is 0.106 e. The molecule has 1 aliphatic heterocycles. The lowest BCUT2D eigenvalue weighted by Crippen LogP contribution is -2.52. The van der Waals surface area contributed by atoms with Crippen LogP contribution in [0.5, 0.6) is 0 Å². The summed E-state index contributed by atoms with van der Waals surface area (Å²) in [6, 6.07) is 3.13. The van der Waals surface area contributed by atoms with Gasteiger partial charge >= 0.3 is 0 Å². The molecule has 0 aromatic rings. The topological polar surface area (TPSA) is 48.3 Å². The van der Waals surface area contributed by atoms with Crippen molar-refractivity contribution in [3.05, 3.63) is 0 Å². The van der Waals surface area contributed by atoms with Crippen LogP contribution in [-0.2, 0) is 4.74 Å². The Labute approximate surface area is 129 Å². The fourth-order valence-corrected chi connectivity index (χ4v) is 3.50. The summed E-state index contributed by atoms with van der Waals surface area (Å²) in [5.41, 5.74) is -0.365. The Hall–Kier alpha value is -0.630. The van der Waals surface area contributed by atoms with Gasteiger partial charge in [-0.25, -0.2) is 0 Å². The van der Waals surface area contributed by atoms with Gasteiger partial charge in [0.05, 0.1) is 17.8 Å². The first kappa shape index (κ1) is 16.7. The molecule has 2 fully saturated rings. The largest absolute Gasteiger partial charge is 0.370 e. The van der Waals surface area contributed by atoms with Crippen LogP contribution in [0.2, 0.25) is 0 Å². The Kier molecular flexibility index (Phi) is 5.29. The Balaban J connectivity index is 1.80. The molecule has 1 aliphatic carbocycles. The molecule has 21 heavy (non-hydrogen) atoms. The van der Waals surface area contributed by atoms with Crippen LogP contribution in [0.15, 0.2) is 0 Å². The minimum absolute atomic E-state index is 0.0546. The number of hydrogen-bond acceptors (Lipinski definition) is 4. The Bertz CT molecular complexity index is 386. The molecule has 120 valence electrons. The van der Waals surface area contributed by atoms with Gasteiger partial charge < -0.3 is 4.74 Å². The number of nitrogens with one attached hydrogen (secondary N) is 1. The Morgan fingerprint density at radius 3 is 2.67 bits per heavy atom. The van der Waals surface area contributed by atoms with Crippen molar-refractivity contribution in [3.63, 3.8) is 0 Å². The average molecular weight is 293 g/mol. The summed E-state index contributed by atoms with van der Waals surface area (Å²) < 4.78 is 5.95. The Morgan fingerprint density at radius 2 is 2.14 bits per heavy atom. The molecule has 2 atom stereocenters. The highest BCUT2D eigenvalue weighted by atomic mass is 16.5. The number of ether oxygens (including phenoxy) is 1. The molecule has 1 saturated carbocycles. The summed E-state index contributed by atoms with van der Waals surface area (Å²) >= 11 is 0. The van der Waals surface area contributed by atoms with Crippen LogP contribution >= 0.6 is 0 Å². The molecule has 0 aromatic heterocycles. The van der Waals surface area contributed by atoms with E-state index in [0.717, 1.165) is 38.9 Å². The highest BCUT2D eigenvalue weighted by Gasteiger charge is 2.35. The second-order valence-corrected chi connectivity index (χ2v) is 7.49. The maximum absolute atomic E-state index is 9.57. The molecule has 1 N–H and O–H groups in total. The van der Waals surface area contributed by atoms with Gasteiger partial charge in [0, 0.05) is 19.1 Å². The molecule has 0 bridgehead atoms. The molecule has 4 nitrogen and oxygen atoms in total. The van der Waals surface area contributed by atoms with Crippen molar-refractivity contribution in [2.24, 2.45) is 0 Å². The molecule has 0 aromatic carbocycles. The molecule has 2 unspecified atom stereocenters. The zero-order valence-corrected chi connectivity index (χ0v) is 14.1. The second-order valence-electron chi connectivity index (χ2n) is 7.49. The van der Waals surface area contributed by atoms with E-state index in [1.54, 1.807) is 0 Å². The van der Waals surface area contributed by atoms with E-state index in [1.807, 2.05) is 0 Å². The fraction of sp³-hybridized carbons (Fsp3) is 0.941. The molecule has 0 spiro atoms. The summed E-state index contributed by atoms with van der Waals surface area (Å²) in [6.07, 6.45) is 5.68. The average Bonchev–Trinajstić information content (AvgIpc) is 3.19. The van der Waals surface area contributed by atoms with Crippen LogP contribution in [0, 0.1) is 11.3 Å². The van der Waals surface area contributed by atoms with Gasteiger partial charge in [-0.3, -0.25) is 10.2 Å². The van der Waals surface area contributed by atoms with E-state index in [9.17, 15) is 5.26 Å². The first-order chi connectivity index (χ1) is 9.88. The number of morpholine rings is 1. The zero-order chi connectivity index (χ0) is 15.5. The standard InChI is InChI=1S/C17H31N3O/c1-5-17(12-18,19-15-7-8-15)9-6-10-20-11-14(2)21-16(3,4)13-20/h14-15,19H,5-11,13H2,1-4H3. The normalized spacial score (nSPS) is 28.8. The molecule has 2 aliphatic rings. The lowest BCUT2D eigenvalue weighted by Gasteiger charge is -2.42. The van der Waals surface area contributed by atoms with Gasteiger partial charge in [-0.2, -0.15) is 5.26 Å². The highest BCUT2D eigenvalue weighted by molar-refractivity contribution is 5.09. The van der Waals surface area contributed by atoms with Crippen molar-refractivity contribution in [2.75, 3.05) is 19.6 Å². The maximum atomic E-state index is 9.57. The SMILES string of the molecule is CCC(C#N)(CCCN1CC(C)OC(C)(C)C1)NC1CC1. The van der Waals surface area contributed by atoms with Gasteiger partial charge in [-0.15, -0.1) is 0 Å². The van der Waals surface area contributed by atoms with Crippen LogP contribution < -0.4 is 5.32 Å². The lowest BCUT2D eigenvalue weighted by molar-refractivity contribution is -0.128. The molecule has 0 radical (unpaired) electrons. The van der Waals surface area contributed by atoms with Crippen LogP contribution in [0.3, 0.4) is 0 Å². The van der Waals surface area contributed by atoms with E-state index in [4.69, 9.17) is 4.74 Å². The quantitative estimate of drug-likeness (QED) is 0.784. The van der Waals surface area contributed by atoms with Gasteiger partial charge in [-0.05, 0) is 59.4 Å². The fourth-order valence-electron chi connectivity index (χ4n) is 3.50. The first-order valence-corrected chi connectivity index (χ1v) is 8.47. The van der Waals surface area contributed by atoms with Crippen molar-refractivity contribution in [2.45, 2.75) is 83.1 Å². The third kappa shape index (κ3) is 4.95. The number of hydrogen-bond donors (Lipinski definition) is 1. The van der Waals surface area contributed by atoms with Crippen LogP contribution in [0.25, 0.3) is 0 Å². The Morgan fingerprint density at radius 1 is 1.43 bits per heavy atom. The predicted molar refractivity (Wildman–Crippen MR) is 85.1 cm³/mol. The minimum Gasteiger partial charge on any atom is -0.370 e. The molecule has 1 heterocycles. The van der Waals surface area contributed by atoms with Gasteiger partial charge in [0.15, 0.2) is 0 Å². The van der Waals surface area contributed by atoms with Gasteiger partial charge in [-0.1, -0.05) is 6.92 Å². The lowest BCUT2D eigenvalue weighted by atomic mass is 9.91. The summed E-state index contributed by atoms with van der Waals surface area (Å²) in [4.78, 5) is 2.49. The number of nitrogens with zero attached hydrogens (tertiary/aromatic N) is 2. The summed E-state index contributed by atoms with van der Waals surface area (Å²) in [5, 5.41) is 13.1. The van der Waals surface area contributed by atoms with E-state index in [2.05, 4.69) is 44.0 Å². The number of nitriles is 1. The van der Waals surface area contributed by atoms with E-state index in [0.29, 0.717) is 12.1 Å². The number of rotatable bonds is 7.